The van der Waals surface area contributed by atoms with Crippen LogP contribution in [0.1, 0.15) is 46.0 Å². The van der Waals surface area contributed by atoms with E-state index in [1.54, 1.807) is 30.3 Å². The van der Waals surface area contributed by atoms with Crippen LogP contribution < -0.4 is 4.90 Å². The van der Waals surface area contributed by atoms with Gasteiger partial charge in [-0.3, -0.25) is 9.69 Å². The van der Waals surface area contributed by atoms with E-state index in [1.165, 1.54) is 23.1 Å². The predicted octanol–water partition coefficient (Wildman–Crippen LogP) is 6.00. The van der Waals surface area contributed by atoms with E-state index in [9.17, 15) is 14.0 Å². The summed E-state index contributed by atoms with van der Waals surface area (Å²) < 4.78 is 14.9. The Balaban J connectivity index is 1.88. The molecule has 156 valence electrons. The van der Waals surface area contributed by atoms with Crippen LogP contribution in [0.2, 0.25) is 0 Å². The number of anilines is 2. The molecular formula is C26H22FNO3. The molecule has 4 nitrogen and oxygen atoms in total. The molecule has 3 aromatic carbocycles. The van der Waals surface area contributed by atoms with E-state index in [1.807, 2.05) is 25.1 Å². The number of carbonyl (C=O) groups excluding carboxylic acids is 1. The van der Waals surface area contributed by atoms with Crippen molar-refractivity contribution in [3.8, 4) is 0 Å². The number of hydrogen-bond donors (Lipinski definition) is 1. The van der Waals surface area contributed by atoms with Crippen molar-refractivity contribution < 1.29 is 19.1 Å². The number of amides is 1. The lowest BCUT2D eigenvalue weighted by atomic mass is 9.95. The Labute approximate surface area is 180 Å². The summed E-state index contributed by atoms with van der Waals surface area (Å²) in [7, 11) is 0. The van der Waals surface area contributed by atoms with E-state index in [4.69, 9.17) is 5.11 Å². The normalized spacial score (nSPS) is 14.2. The molecule has 0 saturated heterocycles. The molecule has 0 atom stereocenters. The van der Waals surface area contributed by atoms with Crippen molar-refractivity contribution in [2.24, 2.45) is 0 Å². The molecule has 0 radical (unpaired) electrons. The van der Waals surface area contributed by atoms with Crippen LogP contribution in [0.5, 0.6) is 0 Å². The van der Waals surface area contributed by atoms with Gasteiger partial charge >= 0.3 is 5.97 Å². The molecule has 0 aromatic heterocycles. The molecule has 1 heterocycles. The molecule has 0 bridgehead atoms. The van der Waals surface area contributed by atoms with Gasteiger partial charge in [-0.25, -0.2) is 9.18 Å². The number of aromatic carboxylic acids is 1. The first-order valence-electron chi connectivity index (χ1n) is 10.2. The summed E-state index contributed by atoms with van der Waals surface area (Å²) in [5.74, 6) is -1.85. The minimum Gasteiger partial charge on any atom is -0.478 e. The van der Waals surface area contributed by atoms with Crippen LogP contribution in [0.4, 0.5) is 15.8 Å². The Morgan fingerprint density at radius 1 is 1.06 bits per heavy atom. The van der Waals surface area contributed by atoms with Crippen molar-refractivity contribution in [3.05, 3.63) is 94.3 Å². The molecule has 0 aliphatic carbocycles. The quantitative estimate of drug-likeness (QED) is 0.520. The number of halogens is 1. The molecule has 3 aromatic rings. The van der Waals surface area contributed by atoms with Crippen LogP contribution >= 0.6 is 0 Å². The van der Waals surface area contributed by atoms with Gasteiger partial charge in [-0.2, -0.15) is 0 Å². The Kier molecular flexibility index (Phi) is 5.42. The van der Waals surface area contributed by atoms with Gasteiger partial charge in [0.1, 0.15) is 5.82 Å². The van der Waals surface area contributed by atoms with Crippen molar-refractivity contribution >= 4 is 34.9 Å². The van der Waals surface area contributed by atoms with Gasteiger partial charge in [-0.1, -0.05) is 37.6 Å². The van der Waals surface area contributed by atoms with Crippen LogP contribution in [0.15, 0.2) is 60.7 Å². The van der Waals surface area contributed by atoms with Gasteiger partial charge in [0.05, 0.1) is 16.8 Å². The first-order valence-corrected chi connectivity index (χ1v) is 10.2. The lowest BCUT2D eigenvalue weighted by molar-refractivity contribution is -0.112. The summed E-state index contributed by atoms with van der Waals surface area (Å²) in [6.45, 7) is 4.08. The average Bonchev–Trinajstić information content (AvgIpc) is 3.03. The summed E-state index contributed by atoms with van der Waals surface area (Å²) in [6.07, 6.45) is 3.61. The molecule has 0 saturated carbocycles. The van der Waals surface area contributed by atoms with E-state index >= 15 is 0 Å². The molecule has 1 amide bonds. The zero-order valence-electron chi connectivity index (χ0n) is 17.4. The fourth-order valence-electron chi connectivity index (χ4n) is 4.03. The number of rotatable bonds is 5. The van der Waals surface area contributed by atoms with E-state index in [0.717, 1.165) is 29.5 Å². The first kappa shape index (κ1) is 20.5. The molecule has 4 rings (SSSR count). The lowest BCUT2D eigenvalue weighted by Crippen LogP contribution is -2.20. The second-order valence-corrected chi connectivity index (χ2v) is 7.58. The SMILES string of the molecule is CCCc1cccc(C)c1/C=C1\C(=O)N(c2ccc(C(=O)O)cc2)c2cccc(F)c21. The Morgan fingerprint density at radius 2 is 1.77 bits per heavy atom. The van der Waals surface area contributed by atoms with E-state index in [2.05, 4.69) is 6.92 Å². The van der Waals surface area contributed by atoms with Crippen LogP contribution in [0.25, 0.3) is 11.6 Å². The fraction of sp³-hybridized carbons (Fsp3) is 0.154. The topological polar surface area (TPSA) is 57.6 Å². The highest BCUT2D eigenvalue weighted by Gasteiger charge is 2.36. The standard InChI is InChI=1S/C26H22FNO3/c1-3-6-17-8-4-7-16(2)20(17)15-21-24-22(27)9-5-10-23(24)28(25(21)29)19-13-11-18(12-14-19)26(30)31/h4-5,7-15H,3,6H2,1-2H3,(H,30,31)/b21-15-. The number of carboxylic acid groups (broad SMARTS) is 1. The summed E-state index contributed by atoms with van der Waals surface area (Å²) in [5, 5.41) is 9.15. The lowest BCUT2D eigenvalue weighted by Gasteiger charge is -2.17. The highest BCUT2D eigenvalue weighted by atomic mass is 19.1. The van der Waals surface area contributed by atoms with Crippen LogP contribution in [-0.2, 0) is 11.2 Å². The average molecular weight is 415 g/mol. The maximum atomic E-state index is 14.9. The van der Waals surface area contributed by atoms with Gasteiger partial charge in [0.2, 0.25) is 0 Å². The van der Waals surface area contributed by atoms with Crippen molar-refractivity contribution in [2.75, 3.05) is 4.90 Å². The molecule has 1 aliphatic rings. The molecule has 31 heavy (non-hydrogen) atoms. The largest absolute Gasteiger partial charge is 0.478 e. The molecule has 5 heteroatoms. The van der Waals surface area contributed by atoms with Crippen molar-refractivity contribution in [3.63, 3.8) is 0 Å². The van der Waals surface area contributed by atoms with E-state index < -0.39 is 11.8 Å². The van der Waals surface area contributed by atoms with Crippen LogP contribution in [0, 0.1) is 12.7 Å². The van der Waals surface area contributed by atoms with Gasteiger partial charge < -0.3 is 5.11 Å². The third kappa shape index (κ3) is 3.63. The number of carbonyl (C=O) groups is 2. The van der Waals surface area contributed by atoms with Gasteiger partial charge in [-0.05, 0) is 72.5 Å². The highest BCUT2D eigenvalue weighted by Crippen LogP contribution is 2.44. The predicted molar refractivity (Wildman–Crippen MR) is 120 cm³/mol. The van der Waals surface area contributed by atoms with Crippen molar-refractivity contribution in [1.82, 2.24) is 0 Å². The molecule has 0 unspecified atom stereocenters. The Bertz CT molecular complexity index is 1210. The highest BCUT2D eigenvalue weighted by molar-refractivity contribution is 6.38. The van der Waals surface area contributed by atoms with Crippen LogP contribution in [-0.4, -0.2) is 17.0 Å². The number of carboxylic acids is 1. The second kappa shape index (κ2) is 8.19. The first-order chi connectivity index (χ1) is 14.9. The minimum absolute atomic E-state index is 0.120. The molecule has 1 N–H and O–H groups in total. The van der Waals surface area contributed by atoms with Gasteiger partial charge in [0.15, 0.2) is 0 Å². The molecule has 0 fully saturated rings. The van der Waals surface area contributed by atoms with Crippen molar-refractivity contribution in [2.45, 2.75) is 26.7 Å². The minimum atomic E-state index is -1.05. The summed E-state index contributed by atoms with van der Waals surface area (Å²) >= 11 is 0. The number of fused-ring (bicyclic) bond motifs is 1. The third-order valence-corrected chi connectivity index (χ3v) is 5.53. The molecular weight excluding hydrogens is 393 g/mol. The smallest absolute Gasteiger partial charge is 0.335 e. The Morgan fingerprint density at radius 3 is 2.45 bits per heavy atom. The number of aryl methyl sites for hydroxylation is 2. The molecule has 1 aliphatic heterocycles. The second-order valence-electron chi connectivity index (χ2n) is 7.58. The summed E-state index contributed by atoms with van der Waals surface area (Å²) in [4.78, 5) is 26.1. The maximum Gasteiger partial charge on any atom is 0.335 e. The van der Waals surface area contributed by atoms with Crippen molar-refractivity contribution in [1.29, 1.82) is 0 Å². The zero-order valence-corrected chi connectivity index (χ0v) is 17.4. The van der Waals surface area contributed by atoms with Gasteiger partial charge in [0.25, 0.3) is 5.91 Å². The van der Waals surface area contributed by atoms with Gasteiger partial charge in [-0.15, -0.1) is 0 Å². The number of nitrogens with zero attached hydrogens (tertiary/aromatic N) is 1. The zero-order chi connectivity index (χ0) is 22.1. The Hall–Kier alpha value is -3.73. The third-order valence-electron chi connectivity index (χ3n) is 5.53. The number of benzene rings is 3. The van der Waals surface area contributed by atoms with Crippen LogP contribution in [0.3, 0.4) is 0 Å². The van der Waals surface area contributed by atoms with Gasteiger partial charge in [0, 0.05) is 11.3 Å². The molecule has 0 spiro atoms. The monoisotopic (exact) mass is 415 g/mol. The van der Waals surface area contributed by atoms with E-state index in [0.29, 0.717) is 16.9 Å². The summed E-state index contributed by atoms with van der Waals surface area (Å²) in [5.41, 5.74) is 4.69. The fourth-order valence-corrected chi connectivity index (χ4v) is 4.03. The van der Waals surface area contributed by atoms with E-state index in [-0.39, 0.29) is 17.0 Å². The maximum absolute atomic E-state index is 14.9. The number of hydrogen-bond acceptors (Lipinski definition) is 2. The summed E-state index contributed by atoms with van der Waals surface area (Å²) in [6, 6.07) is 16.6.